The van der Waals surface area contributed by atoms with Crippen LogP contribution in [0.2, 0.25) is 0 Å². The fourth-order valence-electron chi connectivity index (χ4n) is 3.69. The molecule has 28 heavy (non-hydrogen) atoms. The molecule has 3 aromatic rings. The van der Waals surface area contributed by atoms with E-state index in [0.717, 1.165) is 53.4 Å². The molecule has 1 aliphatic carbocycles. The highest BCUT2D eigenvalue weighted by Gasteiger charge is 2.23. The lowest BCUT2D eigenvalue weighted by Gasteiger charge is -2.20. The van der Waals surface area contributed by atoms with Crippen LogP contribution in [0.15, 0.2) is 42.7 Å². The van der Waals surface area contributed by atoms with Crippen LogP contribution in [0.3, 0.4) is 0 Å². The number of nitrogens with one attached hydrogen (secondary N) is 2. The van der Waals surface area contributed by atoms with Gasteiger partial charge in [-0.1, -0.05) is 11.6 Å². The number of carbonyl (C=O) groups excluding carboxylic acids is 2. The Morgan fingerprint density at radius 2 is 2.00 bits per heavy atom. The van der Waals surface area contributed by atoms with E-state index in [1.54, 1.807) is 24.5 Å². The lowest BCUT2D eigenvalue weighted by atomic mass is 9.89. The van der Waals surface area contributed by atoms with E-state index in [0.29, 0.717) is 11.3 Å². The molecule has 0 bridgehead atoms. The maximum Gasteiger partial charge on any atom is 0.252 e. The fourth-order valence-corrected chi connectivity index (χ4v) is 3.69. The Morgan fingerprint density at radius 3 is 2.82 bits per heavy atom. The second kappa shape index (κ2) is 7.76. The molecule has 2 heterocycles. The highest BCUT2D eigenvalue weighted by atomic mass is 16.2. The predicted molar refractivity (Wildman–Crippen MR) is 108 cm³/mol. The Morgan fingerprint density at radius 1 is 1.14 bits per heavy atom. The summed E-state index contributed by atoms with van der Waals surface area (Å²) in [5.41, 5.74) is 5.20. The van der Waals surface area contributed by atoms with E-state index in [1.165, 1.54) is 0 Å². The van der Waals surface area contributed by atoms with Gasteiger partial charge in [0.2, 0.25) is 5.91 Å². The average molecular weight is 374 g/mol. The predicted octanol–water partition coefficient (Wildman–Crippen LogP) is 3.19. The SMILES string of the molecule is Cc1ccc2nc3c(c(C(=O)NCC(=O)Nc4cccnc4)c2c1)CCCC3. The number of nitrogens with zero attached hydrogens (tertiary/aromatic N) is 2. The van der Waals surface area contributed by atoms with Gasteiger partial charge in [-0.15, -0.1) is 0 Å². The van der Waals surface area contributed by atoms with Crippen molar-refractivity contribution < 1.29 is 9.59 Å². The zero-order chi connectivity index (χ0) is 19.5. The van der Waals surface area contributed by atoms with Crippen molar-refractivity contribution in [2.45, 2.75) is 32.6 Å². The van der Waals surface area contributed by atoms with Crippen LogP contribution in [-0.4, -0.2) is 28.3 Å². The van der Waals surface area contributed by atoms with Crippen LogP contribution in [0.5, 0.6) is 0 Å². The van der Waals surface area contributed by atoms with Gasteiger partial charge in [-0.05, 0) is 62.4 Å². The maximum absolute atomic E-state index is 13.1. The first-order valence-corrected chi connectivity index (χ1v) is 9.52. The third kappa shape index (κ3) is 3.71. The van der Waals surface area contributed by atoms with Gasteiger partial charge in [0.15, 0.2) is 0 Å². The number of fused-ring (bicyclic) bond motifs is 2. The molecule has 0 saturated heterocycles. The van der Waals surface area contributed by atoms with Crippen LogP contribution in [0.1, 0.15) is 40.0 Å². The number of pyridine rings is 2. The largest absolute Gasteiger partial charge is 0.343 e. The van der Waals surface area contributed by atoms with E-state index < -0.39 is 0 Å². The number of benzene rings is 1. The molecular weight excluding hydrogens is 352 g/mol. The molecule has 0 fully saturated rings. The number of amides is 2. The van der Waals surface area contributed by atoms with Crippen molar-refractivity contribution in [3.8, 4) is 0 Å². The molecule has 0 radical (unpaired) electrons. The molecule has 2 aromatic heterocycles. The van der Waals surface area contributed by atoms with E-state index in [2.05, 4.69) is 15.6 Å². The van der Waals surface area contributed by atoms with Crippen LogP contribution in [0.25, 0.3) is 10.9 Å². The second-order valence-electron chi connectivity index (χ2n) is 7.11. The molecule has 0 saturated carbocycles. The zero-order valence-corrected chi connectivity index (χ0v) is 15.8. The Bertz CT molecular complexity index is 1050. The summed E-state index contributed by atoms with van der Waals surface area (Å²) in [5, 5.41) is 6.36. The highest BCUT2D eigenvalue weighted by Crippen LogP contribution is 2.29. The van der Waals surface area contributed by atoms with E-state index in [1.807, 2.05) is 25.1 Å². The standard InChI is InChI=1S/C22H22N4O2/c1-14-8-9-19-17(11-14)21(16-6-2-3-7-18(16)26-19)22(28)24-13-20(27)25-15-5-4-10-23-12-15/h4-5,8-12H,2-3,6-7,13H2,1H3,(H,24,28)(H,25,27). The van der Waals surface area contributed by atoms with Crippen LogP contribution in [0.4, 0.5) is 5.69 Å². The lowest BCUT2D eigenvalue weighted by Crippen LogP contribution is -2.34. The van der Waals surface area contributed by atoms with Gasteiger partial charge in [0.1, 0.15) is 0 Å². The summed E-state index contributed by atoms with van der Waals surface area (Å²) in [6.07, 6.45) is 7.07. The van der Waals surface area contributed by atoms with E-state index in [9.17, 15) is 9.59 Å². The fraction of sp³-hybridized carbons (Fsp3) is 0.273. The van der Waals surface area contributed by atoms with Crippen molar-refractivity contribution in [2.24, 2.45) is 0 Å². The molecular formula is C22H22N4O2. The van der Waals surface area contributed by atoms with E-state index in [4.69, 9.17) is 4.98 Å². The molecule has 6 nitrogen and oxygen atoms in total. The minimum Gasteiger partial charge on any atom is -0.343 e. The van der Waals surface area contributed by atoms with Gasteiger partial charge in [0.25, 0.3) is 5.91 Å². The van der Waals surface area contributed by atoms with Gasteiger partial charge >= 0.3 is 0 Å². The first-order chi connectivity index (χ1) is 13.6. The Labute approximate surface area is 163 Å². The molecule has 2 N–H and O–H groups in total. The maximum atomic E-state index is 13.1. The van der Waals surface area contributed by atoms with Crippen molar-refractivity contribution in [2.75, 3.05) is 11.9 Å². The molecule has 1 aromatic carbocycles. The minimum absolute atomic E-state index is 0.0991. The summed E-state index contributed by atoms with van der Waals surface area (Å²) in [7, 11) is 0. The molecule has 6 heteroatoms. The van der Waals surface area contributed by atoms with Crippen molar-refractivity contribution in [3.63, 3.8) is 0 Å². The molecule has 0 aliphatic heterocycles. The molecule has 0 unspecified atom stereocenters. The van der Waals surface area contributed by atoms with Crippen molar-refractivity contribution >= 4 is 28.4 Å². The number of hydrogen-bond acceptors (Lipinski definition) is 4. The Balaban J connectivity index is 1.59. The van der Waals surface area contributed by atoms with Gasteiger partial charge in [-0.25, -0.2) is 0 Å². The van der Waals surface area contributed by atoms with Gasteiger partial charge in [0.05, 0.1) is 29.5 Å². The number of anilines is 1. The summed E-state index contributed by atoms with van der Waals surface area (Å²) in [4.78, 5) is 34.0. The third-order valence-electron chi connectivity index (χ3n) is 5.00. The molecule has 142 valence electrons. The van der Waals surface area contributed by atoms with Crippen LogP contribution in [0, 0.1) is 6.92 Å². The lowest BCUT2D eigenvalue weighted by molar-refractivity contribution is -0.115. The van der Waals surface area contributed by atoms with Crippen molar-refractivity contribution in [1.29, 1.82) is 0 Å². The molecule has 2 amide bonds. The van der Waals surface area contributed by atoms with E-state index >= 15 is 0 Å². The topological polar surface area (TPSA) is 84.0 Å². The number of hydrogen-bond donors (Lipinski definition) is 2. The van der Waals surface area contributed by atoms with Gasteiger partial charge in [-0.3, -0.25) is 19.6 Å². The summed E-state index contributed by atoms with van der Waals surface area (Å²) in [6, 6.07) is 9.47. The summed E-state index contributed by atoms with van der Waals surface area (Å²) in [5.74, 6) is -0.512. The van der Waals surface area contributed by atoms with Gasteiger partial charge in [0, 0.05) is 17.3 Å². The first kappa shape index (κ1) is 18.1. The normalized spacial score (nSPS) is 13.0. The number of carbonyl (C=O) groups is 2. The van der Waals surface area contributed by atoms with Gasteiger partial charge < -0.3 is 10.6 Å². The summed E-state index contributed by atoms with van der Waals surface area (Å²) >= 11 is 0. The van der Waals surface area contributed by atoms with Crippen LogP contribution >= 0.6 is 0 Å². The van der Waals surface area contributed by atoms with E-state index in [-0.39, 0.29) is 18.4 Å². The molecule has 0 atom stereocenters. The smallest absolute Gasteiger partial charge is 0.252 e. The third-order valence-corrected chi connectivity index (χ3v) is 5.00. The quantitative estimate of drug-likeness (QED) is 0.735. The van der Waals surface area contributed by atoms with Crippen LogP contribution < -0.4 is 10.6 Å². The number of rotatable bonds is 4. The summed E-state index contributed by atoms with van der Waals surface area (Å²) in [6.45, 7) is 1.90. The van der Waals surface area contributed by atoms with Crippen molar-refractivity contribution in [3.05, 3.63) is 65.1 Å². The average Bonchev–Trinajstić information content (AvgIpc) is 2.71. The number of aryl methyl sites for hydroxylation is 2. The van der Waals surface area contributed by atoms with Crippen molar-refractivity contribution in [1.82, 2.24) is 15.3 Å². The zero-order valence-electron chi connectivity index (χ0n) is 15.8. The van der Waals surface area contributed by atoms with Gasteiger partial charge in [-0.2, -0.15) is 0 Å². The molecule has 1 aliphatic rings. The highest BCUT2D eigenvalue weighted by molar-refractivity contribution is 6.09. The molecule has 0 spiro atoms. The minimum atomic E-state index is -0.287. The Hall–Kier alpha value is -3.28. The van der Waals surface area contributed by atoms with Crippen LogP contribution in [-0.2, 0) is 17.6 Å². The Kier molecular flexibility index (Phi) is 5.02. The first-order valence-electron chi connectivity index (χ1n) is 9.52. The monoisotopic (exact) mass is 374 g/mol. The molecule has 4 rings (SSSR count). The number of aromatic nitrogens is 2. The summed E-state index contributed by atoms with van der Waals surface area (Å²) < 4.78 is 0. The second-order valence-corrected chi connectivity index (χ2v) is 7.11.